The first kappa shape index (κ1) is 34.5. The van der Waals surface area contributed by atoms with Crippen LogP contribution in [0.25, 0.3) is 88.3 Å². The average Bonchev–Trinajstić information content (AvgIpc) is 3.88. The molecule has 0 saturated carbocycles. The maximum atomic E-state index is 2.60. The van der Waals surface area contributed by atoms with Crippen molar-refractivity contribution in [1.82, 2.24) is 0 Å². The molecule has 0 bridgehead atoms. The van der Waals surface area contributed by atoms with Gasteiger partial charge in [-0.15, -0.1) is 0 Å². The van der Waals surface area contributed by atoms with Crippen LogP contribution in [-0.2, 0) is 0 Å². The van der Waals surface area contributed by atoms with Crippen LogP contribution in [0.4, 0.5) is 0 Å². The molecule has 15 rings (SSSR count). The third-order valence-corrected chi connectivity index (χ3v) is 15.1. The zero-order chi connectivity index (χ0) is 41.6. The van der Waals surface area contributed by atoms with E-state index in [9.17, 15) is 0 Å². The Bertz CT molecular complexity index is 3500. The lowest BCUT2D eigenvalue weighted by atomic mass is 9.72. The maximum Gasteiger partial charge on any atom is 0.0352 e. The van der Waals surface area contributed by atoms with Gasteiger partial charge in [0, 0.05) is 11.8 Å². The van der Waals surface area contributed by atoms with Gasteiger partial charge in [-0.25, -0.2) is 0 Å². The van der Waals surface area contributed by atoms with Gasteiger partial charge in [-0.2, -0.15) is 0 Å². The average molecular weight is 807 g/mol. The van der Waals surface area contributed by atoms with Crippen LogP contribution in [0.1, 0.15) is 22.3 Å². The van der Waals surface area contributed by atoms with E-state index in [1.165, 1.54) is 144 Å². The molecule has 0 spiro atoms. The fourth-order valence-corrected chi connectivity index (χ4v) is 12.6. The summed E-state index contributed by atoms with van der Waals surface area (Å²) in [7, 11) is 0. The van der Waals surface area contributed by atoms with E-state index in [1.54, 1.807) is 0 Å². The van der Waals surface area contributed by atoms with E-state index in [0.717, 1.165) is 0 Å². The molecule has 0 fully saturated rings. The van der Waals surface area contributed by atoms with Crippen molar-refractivity contribution in [1.29, 1.82) is 0 Å². The van der Waals surface area contributed by atoms with Gasteiger partial charge in [0.1, 0.15) is 0 Å². The van der Waals surface area contributed by atoms with Crippen molar-refractivity contribution >= 4 is 43.8 Å². The summed E-state index contributed by atoms with van der Waals surface area (Å²) < 4.78 is 0. The highest BCUT2D eigenvalue weighted by Gasteiger charge is 2.43. The molecule has 0 N–H and O–H groups in total. The molecule has 0 heterocycles. The quantitative estimate of drug-likeness (QED) is 0.155. The van der Waals surface area contributed by atoms with Crippen molar-refractivity contribution in [3.8, 4) is 44.5 Å². The first-order valence-electron chi connectivity index (χ1n) is 22.7. The molecule has 0 amide bonds. The molecule has 8 aliphatic rings. The fourth-order valence-electron chi connectivity index (χ4n) is 12.6. The first-order chi connectivity index (χ1) is 31.8. The molecule has 8 aliphatic carbocycles. The molecule has 64 heavy (non-hydrogen) atoms. The Morgan fingerprint density at radius 2 is 0.594 bits per heavy atom. The van der Waals surface area contributed by atoms with E-state index >= 15 is 0 Å². The highest BCUT2D eigenvalue weighted by molar-refractivity contribution is 6.28. The van der Waals surface area contributed by atoms with E-state index < -0.39 is 0 Å². The Balaban J connectivity index is 1.18. The summed E-state index contributed by atoms with van der Waals surface area (Å²) in [5.41, 5.74) is 29.4. The molecular weight excluding hydrogens is 769 g/mol. The SMILES string of the molecule is C1=CC2=CC=C3C4=C(C=CC(=C1)C24)c1c3c(-c2ccccc2)c2cc3c(-c4ccccc4)c4c(c(-c5ccccc5)c3cc2c1-c1ccccc1)C1=C2C4=CC=C3C=CC=C(C=C1)C32. The summed E-state index contributed by atoms with van der Waals surface area (Å²) >= 11 is 0. The second-order valence-corrected chi connectivity index (χ2v) is 18.1. The molecule has 2 unspecified atom stereocenters. The second kappa shape index (κ2) is 12.8. The van der Waals surface area contributed by atoms with Gasteiger partial charge in [0.05, 0.1) is 0 Å². The Hall–Kier alpha value is -8.06. The van der Waals surface area contributed by atoms with Gasteiger partial charge in [0.25, 0.3) is 0 Å². The van der Waals surface area contributed by atoms with Gasteiger partial charge >= 0.3 is 0 Å². The summed E-state index contributed by atoms with van der Waals surface area (Å²) in [5, 5.41) is 5.13. The molecule has 7 aromatic rings. The lowest BCUT2D eigenvalue weighted by Gasteiger charge is -2.31. The third kappa shape index (κ3) is 4.47. The fraction of sp³-hybridized carbons (Fsp3) is 0.0312. The molecule has 0 aromatic heterocycles. The Kier molecular flexibility index (Phi) is 6.88. The summed E-state index contributed by atoms with van der Waals surface area (Å²) in [6, 6.07) is 50.1. The molecular formula is C64H38. The van der Waals surface area contributed by atoms with Crippen LogP contribution in [0.2, 0.25) is 0 Å². The van der Waals surface area contributed by atoms with Crippen LogP contribution in [0.15, 0.2) is 252 Å². The monoisotopic (exact) mass is 806 g/mol. The van der Waals surface area contributed by atoms with Gasteiger partial charge in [-0.1, -0.05) is 206 Å². The summed E-state index contributed by atoms with van der Waals surface area (Å²) in [5.74, 6) is 0.451. The highest BCUT2D eigenvalue weighted by Crippen LogP contribution is 2.63. The van der Waals surface area contributed by atoms with E-state index in [1.807, 2.05) is 0 Å². The molecule has 2 atom stereocenters. The first-order valence-corrected chi connectivity index (χ1v) is 22.7. The van der Waals surface area contributed by atoms with E-state index in [-0.39, 0.29) is 11.8 Å². The molecule has 0 radical (unpaired) electrons. The molecule has 294 valence electrons. The Morgan fingerprint density at radius 3 is 0.953 bits per heavy atom. The molecule has 0 heteroatoms. The zero-order valence-corrected chi connectivity index (χ0v) is 34.9. The number of fused-ring (bicyclic) bond motifs is 8. The Morgan fingerprint density at radius 1 is 0.266 bits per heavy atom. The molecule has 0 saturated heterocycles. The smallest absolute Gasteiger partial charge is 0.0352 e. The van der Waals surface area contributed by atoms with Crippen molar-refractivity contribution < 1.29 is 0 Å². The summed E-state index contributed by atoms with van der Waals surface area (Å²) in [6.07, 6.45) is 32.9. The predicted molar refractivity (Wildman–Crippen MR) is 269 cm³/mol. The van der Waals surface area contributed by atoms with Crippen LogP contribution in [0, 0.1) is 11.8 Å². The van der Waals surface area contributed by atoms with Gasteiger partial charge in [-0.3, -0.25) is 0 Å². The van der Waals surface area contributed by atoms with E-state index in [4.69, 9.17) is 0 Å². The lowest BCUT2D eigenvalue weighted by molar-refractivity contribution is 0.894. The second-order valence-electron chi connectivity index (χ2n) is 18.1. The van der Waals surface area contributed by atoms with Crippen molar-refractivity contribution in [3.63, 3.8) is 0 Å². The van der Waals surface area contributed by atoms with Crippen LogP contribution < -0.4 is 0 Å². The van der Waals surface area contributed by atoms with Crippen LogP contribution >= 0.6 is 0 Å². The van der Waals surface area contributed by atoms with Crippen LogP contribution in [0.3, 0.4) is 0 Å². The van der Waals surface area contributed by atoms with Gasteiger partial charge < -0.3 is 0 Å². The van der Waals surface area contributed by atoms with Crippen molar-refractivity contribution in [3.05, 3.63) is 274 Å². The lowest BCUT2D eigenvalue weighted by Crippen LogP contribution is -2.16. The van der Waals surface area contributed by atoms with Crippen LogP contribution in [-0.4, -0.2) is 0 Å². The number of hydrogen-bond donors (Lipinski definition) is 0. The highest BCUT2D eigenvalue weighted by atomic mass is 14.5. The number of benzene rings is 7. The summed E-state index contributed by atoms with van der Waals surface area (Å²) in [4.78, 5) is 0. The standard InChI is InChI=1S/C64H38/c1-5-15-37(16-6-1)55-49-35-51-52(36-50(49)56(38-17-7-2-8-18-38)62-46-32-28-42-24-13-23-41-27-31-45(61(55)62)59(46)53(41)42)58(40-21-11-4-12-22-40)64-48-34-30-44-26-14-25-43-29-33-47(60(48)54(43)44)63(64)57(51)39-19-9-3-10-20-39/h1-36,53-54H. The third-order valence-electron chi connectivity index (χ3n) is 15.1. The van der Waals surface area contributed by atoms with Gasteiger partial charge in [-0.05, 0) is 156 Å². The van der Waals surface area contributed by atoms with E-state index in [0.29, 0.717) is 0 Å². The molecule has 7 aromatic carbocycles. The largest absolute Gasteiger partial charge is 0.0622 e. The Labute approximate surface area is 372 Å². The minimum Gasteiger partial charge on any atom is -0.0622 e. The minimum absolute atomic E-state index is 0.226. The maximum absolute atomic E-state index is 2.60. The number of allylic oxidation sites excluding steroid dienone is 24. The molecule has 0 aliphatic heterocycles. The van der Waals surface area contributed by atoms with Gasteiger partial charge in [0.2, 0.25) is 0 Å². The van der Waals surface area contributed by atoms with Crippen molar-refractivity contribution in [2.24, 2.45) is 11.8 Å². The molecule has 0 nitrogen and oxygen atoms in total. The summed E-state index contributed by atoms with van der Waals surface area (Å²) in [6.45, 7) is 0. The van der Waals surface area contributed by atoms with Gasteiger partial charge in [0.15, 0.2) is 0 Å². The predicted octanol–water partition coefficient (Wildman–Crippen LogP) is 16.2. The minimum atomic E-state index is 0.226. The van der Waals surface area contributed by atoms with Crippen molar-refractivity contribution in [2.45, 2.75) is 0 Å². The topological polar surface area (TPSA) is 0 Å². The van der Waals surface area contributed by atoms with E-state index in [2.05, 4.69) is 219 Å². The number of hydrogen-bond acceptors (Lipinski definition) is 0. The zero-order valence-electron chi connectivity index (χ0n) is 34.9. The van der Waals surface area contributed by atoms with Crippen LogP contribution in [0.5, 0.6) is 0 Å². The number of rotatable bonds is 4. The normalized spacial score (nSPS) is 19.8. The van der Waals surface area contributed by atoms with Crippen molar-refractivity contribution in [2.75, 3.05) is 0 Å².